The van der Waals surface area contributed by atoms with Crippen molar-refractivity contribution in [2.75, 3.05) is 25.1 Å². The Morgan fingerprint density at radius 2 is 1.94 bits per heavy atom. The molecule has 2 aromatic carbocycles. The van der Waals surface area contributed by atoms with Crippen molar-refractivity contribution in [3.63, 3.8) is 0 Å². The molecule has 0 spiro atoms. The topological polar surface area (TPSA) is 93.3 Å². The molecule has 172 valence electrons. The third kappa shape index (κ3) is 3.68. The normalized spacial score (nSPS) is 14.4. The Morgan fingerprint density at radius 1 is 1.18 bits per heavy atom. The van der Waals surface area contributed by atoms with Crippen LogP contribution in [0.25, 0.3) is 32.9 Å². The monoisotopic (exact) mass is 458 g/mol. The summed E-state index contributed by atoms with van der Waals surface area (Å²) < 4.78 is 21.7. The van der Waals surface area contributed by atoms with E-state index < -0.39 is 5.82 Å². The van der Waals surface area contributed by atoms with Crippen molar-refractivity contribution in [2.45, 2.75) is 18.9 Å². The second kappa shape index (κ2) is 8.65. The lowest BCUT2D eigenvalue weighted by Gasteiger charge is -2.32. The number of benzene rings is 2. The lowest BCUT2D eigenvalue weighted by Crippen LogP contribution is -2.40. The Morgan fingerprint density at radius 3 is 2.62 bits per heavy atom. The lowest BCUT2D eigenvalue weighted by atomic mass is 9.99. The van der Waals surface area contributed by atoms with Crippen molar-refractivity contribution in [1.29, 1.82) is 0 Å². The molecule has 0 bridgehead atoms. The fourth-order valence-corrected chi connectivity index (χ4v) is 4.35. The molecule has 9 heteroatoms. The van der Waals surface area contributed by atoms with Gasteiger partial charge in [-0.15, -0.1) is 0 Å². The summed E-state index contributed by atoms with van der Waals surface area (Å²) in [4.78, 5) is 15.0. The number of anilines is 1. The quantitative estimate of drug-likeness (QED) is 0.441. The number of ether oxygens (including phenoxy) is 1. The van der Waals surface area contributed by atoms with Crippen LogP contribution in [0.4, 0.5) is 16.0 Å². The number of hydrogen-bond acceptors (Lipinski definition) is 6. The average Bonchev–Trinajstić information content (AvgIpc) is 3.33. The summed E-state index contributed by atoms with van der Waals surface area (Å²) in [5, 5.41) is 10.4. The van der Waals surface area contributed by atoms with Gasteiger partial charge in [0.05, 0.1) is 24.9 Å². The molecular formula is C25H23FN6O2. The molecule has 1 saturated heterocycles. The lowest BCUT2D eigenvalue weighted by molar-refractivity contribution is 0.373. The Kier molecular flexibility index (Phi) is 5.51. The van der Waals surface area contributed by atoms with Crippen LogP contribution >= 0.6 is 0 Å². The molecule has 0 unspecified atom stereocenters. The number of fused-ring (bicyclic) bond motifs is 1. The zero-order valence-corrected chi connectivity index (χ0v) is 18.6. The van der Waals surface area contributed by atoms with Crippen molar-refractivity contribution >= 4 is 17.3 Å². The summed E-state index contributed by atoms with van der Waals surface area (Å²) in [5.74, 6) is 0.378. The van der Waals surface area contributed by atoms with Gasteiger partial charge in [0.15, 0.2) is 11.5 Å². The first-order chi connectivity index (χ1) is 16.5. The molecule has 2 aromatic heterocycles. The largest absolute Gasteiger partial charge is 0.504 e. The molecular weight excluding hydrogens is 435 g/mol. The van der Waals surface area contributed by atoms with Crippen molar-refractivity contribution < 1.29 is 14.2 Å². The van der Waals surface area contributed by atoms with Gasteiger partial charge in [-0.2, -0.15) is 0 Å². The fourth-order valence-electron chi connectivity index (χ4n) is 4.35. The molecule has 4 aromatic rings. The Bertz CT molecular complexity index is 1420. The number of methoxy groups -OCH3 is 1. The van der Waals surface area contributed by atoms with E-state index in [0.29, 0.717) is 39.7 Å². The van der Waals surface area contributed by atoms with Gasteiger partial charge in [-0.05, 0) is 36.6 Å². The highest BCUT2D eigenvalue weighted by Crippen LogP contribution is 2.40. The predicted octanol–water partition coefficient (Wildman–Crippen LogP) is 4.39. The number of halogens is 1. The van der Waals surface area contributed by atoms with Crippen LogP contribution in [-0.2, 0) is 0 Å². The molecule has 0 atom stereocenters. The van der Waals surface area contributed by atoms with E-state index in [2.05, 4.69) is 14.7 Å². The second-order valence-electron chi connectivity index (χ2n) is 8.25. The molecule has 3 N–H and O–H groups in total. The third-order valence-corrected chi connectivity index (χ3v) is 6.16. The molecule has 1 fully saturated rings. The molecule has 34 heavy (non-hydrogen) atoms. The zero-order chi connectivity index (χ0) is 23.8. The Hall–Kier alpha value is -4.16. The molecule has 0 aliphatic carbocycles. The Labute approximate surface area is 195 Å². The molecule has 0 saturated carbocycles. The number of phenols is 1. The van der Waals surface area contributed by atoms with Crippen LogP contribution in [0.2, 0.25) is 0 Å². The number of nitrogens with zero attached hydrogens (tertiary/aromatic N) is 5. The minimum Gasteiger partial charge on any atom is -0.504 e. The van der Waals surface area contributed by atoms with Gasteiger partial charge in [-0.1, -0.05) is 18.2 Å². The van der Waals surface area contributed by atoms with Gasteiger partial charge in [0, 0.05) is 37.1 Å². The predicted molar refractivity (Wildman–Crippen MR) is 128 cm³/mol. The maximum atomic E-state index is 14.6. The molecule has 5 rings (SSSR count). The van der Waals surface area contributed by atoms with E-state index >= 15 is 0 Å². The van der Waals surface area contributed by atoms with Gasteiger partial charge < -0.3 is 20.5 Å². The Balaban J connectivity index is 1.78. The van der Waals surface area contributed by atoms with Crippen molar-refractivity contribution in [2.24, 2.45) is 5.73 Å². The number of hydrogen-bond donors (Lipinski definition) is 2. The highest BCUT2D eigenvalue weighted by Gasteiger charge is 2.25. The number of phenolic OH excluding ortho intramolecular Hbond substituents is 1. The maximum Gasteiger partial charge on any atom is 0.222 e. The highest BCUT2D eigenvalue weighted by atomic mass is 19.1. The number of nitrogens with two attached hydrogens (primary N) is 1. The van der Waals surface area contributed by atoms with E-state index in [1.54, 1.807) is 30.5 Å². The van der Waals surface area contributed by atoms with Crippen LogP contribution < -0.4 is 15.4 Å². The number of aromatic hydroxyl groups is 1. The van der Waals surface area contributed by atoms with E-state index in [-0.39, 0.29) is 17.5 Å². The minimum atomic E-state index is -0.619. The first kappa shape index (κ1) is 21.7. The van der Waals surface area contributed by atoms with Crippen LogP contribution in [-0.4, -0.2) is 45.7 Å². The van der Waals surface area contributed by atoms with E-state index in [1.807, 2.05) is 10.6 Å². The molecule has 1 aliphatic rings. The van der Waals surface area contributed by atoms with Crippen LogP contribution in [0.1, 0.15) is 12.8 Å². The van der Waals surface area contributed by atoms with Gasteiger partial charge in [0.25, 0.3) is 0 Å². The first-order valence-electron chi connectivity index (χ1n) is 10.9. The number of rotatable bonds is 4. The summed E-state index contributed by atoms with van der Waals surface area (Å²) >= 11 is 0. The van der Waals surface area contributed by atoms with E-state index in [9.17, 15) is 9.50 Å². The summed E-state index contributed by atoms with van der Waals surface area (Å²) in [6.45, 7) is 8.66. The van der Waals surface area contributed by atoms with Crippen LogP contribution in [0.15, 0.2) is 48.8 Å². The SMILES string of the molecule is [C-]#[N+]c1ccc(-c2nc(N3CCC(N)CC3)n3ccnc3c2-c2ccc(OC)c(O)c2)cc1F. The maximum absolute atomic E-state index is 14.6. The van der Waals surface area contributed by atoms with Crippen molar-refractivity contribution in [3.05, 3.63) is 66.0 Å². The molecule has 1 aliphatic heterocycles. The highest BCUT2D eigenvalue weighted by molar-refractivity contribution is 5.92. The molecule has 8 nitrogen and oxygen atoms in total. The number of piperidine rings is 1. The van der Waals surface area contributed by atoms with Gasteiger partial charge in [-0.3, -0.25) is 4.40 Å². The molecule has 3 heterocycles. The van der Waals surface area contributed by atoms with Gasteiger partial charge in [0.2, 0.25) is 11.6 Å². The second-order valence-corrected chi connectivity index (χ2v) is 8.25. The van der Waals surface area contributed by atoms with Crippen LogP contribution in [0.5, 0.6) is 11.5 Å². The minimum absolute atomic E-state index is 0.0284. The molecule has 0 radical (unpaired) electrons. The van der Waals surface area contributed by atoms with Crippen molar-refractivity contribution in [3.8, 4) is 33.9 Å². The van der Waals surface area contributed by atoms with E-state index in [1.165, 1.54) is 19.2 Å². The number of aromatic nitrogens is 3. The van der Waals surface area contributed by atoms with Crippen molar-refractivity contribution in [1.82, 2.24) is 14.4 Å². The average molecular weight is 458 g/mol. The number of imidazole rings is 1. The molecule has 0 amide bonds. The summed E-state index contributed by atoms with van der Waals surface area (Å²) in [7, 11) is 1.48. The van der Waals surface area contributed by atoms with Gasteiger partial charge in [-0.25, -0.2) is 19.2 Å². The zero-order valence-electron chi connectivity index (χ0n) is 18.6. The van der Waals surface area contributed by atoms with Gasteiger partial charge in [0.1, 0.15) is 11.5 Å². The standard InChI is InChI=1S/C25H23FN6O2/c1-28-19-5-3-16(13-18(19)26)23-22(15-4-6-21(34-2)20(33)14-15)24-29-9-12-32(24)25(30-23)31-10-7-17(27)8-11-31/h3-6,9,12-14,17,33H,7-8,10-11,27H2,2H3. The van der Waals surface area contributed by atoms with Gasteiger partial charge >= 0.3 is 0 Å². The summed E-state index contributed by atoms with van der Waals surface area (Å²) in [6.07, 6.45) is 5.21. The fraction of sp³-hybridized carbons (Fsp3) is 0.240. The smallest absolute Gasteiger partial charge is 0.222 e. The first-order valence-corrected chi connectivity index (χ1v) is 10.9. The third-order valence-electron chi connectivity index (χ3n) is 6.16. The van der Waals surface area contributed by atoms with E-state index in [0.717, 1.165) is 25.9 Å². The van der Waals surface area contributed by atoms with Crippen LogP contribution in [0.3, 0.4) is 0 Å². The van der Waals surface area contributed by atoms with E-state index in [4.69, 9.17) is 22.0 Å². The van der Waals surface area contributed by atoms with Crippen LogP contribution in [0, 0.1) is 12.4 Å². The summed E-state index contributed by atoms with van der Waals surface area (Å²) in [5.41, 5.74) is 8.97. The summed E-state index contributed by atoms with van der Waals surface area (Å²) in [6, 6.07) is 9.65.